The molecule has 0 spiro atoms. The van der Waals surface area contributed by atoms with Crippen molar-refractivity contribution in [2.24, 2.45) is 0 Å². The predicted octanol–water partition coefficient (Wildman–Crippen LogP) is 0.583. The average Bonchev–Trinajstić information content (AvgIpc) is 2.70. The highest BCUT2D eigenvalue weighted by Gasteiger charge is 2.39. The number of aromatic nitrogens is 2. The molecule has 1 fully saturated rings. The van der Waals surface area contributed by atoms with Crippen LogP contribution in [-0.4, -0.2) is 21.6 Å². The number of rotatable bonds is 2. The third-order valence-electron chi connectivity index (χ3n) is 2.62. The van der Waals surface area contributed by atoms with E-state index in [0.29, 0.717) is 11.3 Å². The van der Waals surface area contributed by atoms with Crippen LogP contribution in [-0.2, 0) is 0 Å². The van der Waals surface area contributed by atoms with Gasteiger partial charge in [-0.05, 0) is 26.7 Å². The summed E-state index contributed by atoms with van der Waals surface area (Å²) in [6, 6.07) is 0. The Labute approximate surface area is 82.1 Å². The Morgan fingerprint density at radius 2 is 2.29 bits per heavy atom. The summed E-state index contributed by atoms with van der Waals surface area (Å²) in [5.74, 6) is 0.137. The predicted molar refractivity (Wildman–Crippen MR) is 52.8 cm³/mol. The lowest BCUT2D eigenvalue weighted by Crippen LogP contribution is -2.34. The fraction of sp³-hybridized carbons (Fsp3) is 0.556. The molecule has 0 aromatic carbocycles. The third kappa shape index (κ3) is 1.45. The number of nitrogens with two attached hydrogens (primary N) is 1. The van der Waals surface area contributed by atoms with Crippen LogP contribution in [0.1, 0.15) is 35.8 Å². The molecule has 4 N–H and O–H groups in total. The summed E-state index contributed by atoms with van der Waals surface area (Å²) in [6.45, 7) is 3.81. The van der Waals surface area contributed by atoms with Gasteiger partial charge < -0.3 is 11.1 Å². The molecule has 1 heterocycles. The van der Waals surface area contributed by atoms with Gasteiger partial charge in [0.1, 0.15) is 5.56 Å². The van der Waals surface area contributed by atoms with Gasteiger partial charge in [-0.1, -0.05) is 0 Å². The summed E-state index contributed by atoms with van der Waals surface area (Å²) in [5.41, 5.74) is 6.74. The van der Waals surface area contributed by atoms with Gasteiger partial charge in [0.05, 0.1) is 0 Å². The minimum atomic E-state index is -0.131. The lowest BCUT2D eigenvalue weighted by Gasteiger charge is -2.10. The maximum Gasteiger partial charge on any atom is 0.257 e. The van der Waals surface area contributed by atoms with Gasteiger partial charge in [0.25, 0.3) is 5.91 Å². The Balaban J connectivity index is 2.18. The number of nitrogens with one attached hydrogen (secondary N) is 2. The Kier molecular flexibility index (Phi) is 1.77. The van der Waals surface area contributed by atoms with E-state index in [9.17, 15) is 4.79 Å². The van der Waals surface area contributed by atoms with Crippen molar-refractivity contribution in [3.8, 4) is 0 Å². The molecular formula is C9H14N4O. The van der Waals surface area contributed by atoms with Crippen LogP contribution in [0.3, 0.4) is 0 Å². The molecule has 0 radical (unpaired) electrons. The highest BCUT2D eigenvalue weighted by molar-refractivity contribution is 6.00. The standard InChI is InChI=1S/C9H14N4O/c1-5-6(7(10)13-12-5)8(14)11-9(2)3-4-9/h3-4H2,1-2H3,(H,11,14)(H3,10,12,13). The number of amides is 1. The molecule has 0 atom stereocenters. The van der Waals surface area contributed by atoms with E-state index in [1.807, 2.05) is 6.92 Å². The third-order valence-corrected chi connectivity index (χ3v) is 2.62. The molecule has 2 rings (SSSR count). The van der Waals surface area contributed by atoms with Crippen molar-refractivity contribution < 1.29 is 4.79 Å². The van der Waals surface area contributed by atoms with Crippen molar-refractivity contribution in [1.82, 2.24) is 15.5 Å². The number of carbonyl (C=O) groups is 1. The molecule has 1 saturated carbocycles. The molecule has 5 heteroatoms. The van der Waals surface area contributed by atoms with E-state index >= 15 is 0 Å². The van der Waals surface area contributed by atoms with E-state index in [0.717, 1.165) is 12.8 Å². The summed E-state index contributed by atoms with van der Waals surface area (Å²) in [5, 5.41) is 9.40. The zero-order valence-corrected chi connectivity index (χ0v) is 8.35. The number of H-pyrrole nitrogens is 1. The second-order valence-corrected chi connectivity index (χ2v) is 4.12. The van der Waals surface area contributed by atoms with Gasteiger partial charge in [0.15, 0.2) is 5.82 Å². The monoisotopic (exact) mass is 194 g/mol. The Hall–Kier alpha value is -1.52. The molecule has 0 unspecified atom stereocenters. The van der Waals surface area contributed by atoms with E-state index in [-0.39, 0.29) is 17.3 Å². The van der Waals surface area contributed by atoms with Gasteiger partial charge >= 0.3 is 0 Å². The normalized spacial score (nSPS) is 17.9. The van der Waals surface area contributed by atoms with Crippen LogP contribution in [0.15, 0.2) is 0 Å². The van der Waals surface area contributed by atoms with E-state index < -0.39 is 0 Å². The number of nitrogens with zero attached hydrogens (tertiary/aromatic N) is 1. The van der Waals surface area contributed by atoms with Crippen LogP contribution in [0.25, 0.3) is 0 Å². The lowest BCUT2D eigenvalue weighted by atomic mass is 10.2. The summed E-state index contributed by atoms with van der Waals surface area (Å²) in [7, 11) is 0. The van der Waals surface area contributed by atoms with Crippen LogP contribution in [0.2, 0.25) is 0 Å². The Morgan fingerprint density at radius 3 is 2.71 bits per heavy atom. The summed E-state index contributed by atoms with van der Waals surface area (Å²) in [6.07, 6.45) is 2.07. The topological polar surface area (TPSA) is 83.8 Å². The number of anilines is 1. The molecule has 76 valence electrons. The second-order valence-electron chi connectivity index (χ2n) is 4.12. The van der Waals surface area contributed by atoms with Gasteiger partial charge in [-0.3, -0.25) is 9.89 Å². The minimum Gasteiger partial charge on any atom is -0.382 e. The molecule has 1 aliphatic carbocycles. The molecule has 5 nitrogen and oxygen atoms in total. The van der Waals surface area contributed by atoms with Crippen molar-refractivity contribution >= 4 is 11.7 Å². The number of carbonyl (C=O) groups excluding carboxylic acids is 1. The minimum absolute atomic E-state index is 0.0206. The fourth-order valence-electron chi connectivity index (χ4n) is 1.38. The average molecular weight is 194 g/mol. The van der Waals surface area contributed by atoms with Crippen LogP contribution >= 0.6 is 0 Å². The first-order valence-corrected chi connectivity index (χ1v) is 4.65. The lowest BCUT2D eigenvalue weighted by molar-refractivity contribution is 0.0936. The summed E-state index contributed by atoms with van der Waals surface area (Å²) < 4.78 is 0. The molecule has 1 aliphatic rings. The number of aromatic amines is 1. The van der Waals surface area contributed by atoms with E-state index in [4.69, 9.17) is 5.73 Å². The van der Waals surface area contributed by atoms with Crippen LogP contribution < -0.4 is 11.1 Å². The maximum absolute atomic E-state index is 11.8. The number of hydrogen-bond acceptors (Lipinski definition) is 3. The largest absolute Gasteiger partial charge is 0.382 e. The molecule has 0 aliphatic heterocycles. The van der Waals surface area contributed by atoms with Gasteiger partial charge in [0.2, 0.25) is 0 Å². The van der Waals surface area contributed by atoms with Gasteiger partial charge in [-0.25, -0.2) is 0 Å². The maximum atomic E-state index is 11.8. The quantitative estimate of drug-likeness (QED) is 0.644. The van der Waals surface area contributed by atoms with E-state index in [1.165, 1.54) is 0 Å². The second kappa shape index (κ2) is 2.73. The molecular weight excluding hydrogens is 180 g/mol. The van der Waals surface area contributed by atoms with Crippen molar-refractivity contribution in [3.63, 3.8) is 0 Å². The van der Waals surface area contributed by atoms with Gasteiger partial charge in [0, 0.05) is 11.2 Å². The number of nitrogen functional groups attached to an aromatic ring is 1. The van der Waals surface area contributed by atoms with Crippen LogP contribution in [0.5, 0.6) is 0 Å². The molecule has 0 saturated heterocycles. The van der Waals surface area contributed by atoms with Crippen molar-refractivity contribution in [2.45, 2.75) is 32.2 Å². The number of aryl methyl sites for hydroxylation is 1. The smallest absolute Gasteiger partial charge is 0.257 e. The van der Waals surface area contributed by atoms with Crippen molar-refractivity contribution in [2.75, 3.05) is 5.73 Å². The molecule has 1 amide bonds. The summed E-state index contributed by atoms with van der Waals surface area (Å²) in [4.78, 5) is 11.8. The molecule has 1 aromatic rings. The fourth-order valence-corrected chi connectivity index (χ4v) is 1.38. The summed E-state index contributed by atoms with van der Waals surface area (Å²) >= 11 is 0. The zero-order valence-electron chi connectivity index (χ0n) is 8.35. The van der Waals surface area contributed by atoms with Gasteiger partial charge in [-0.15, -0.1) is 0 Å². The highest BCUT2D eigenvalue weighted by Crippen LogP contribution is 2.34. The molecule has 1 aromatic heterocycles. The molecule has 14 heavy (non-hydrogen) atoms. The molecule has 0 bridgehead atoms. The van der Waals surface area contributed by atoms with Crippen LogP contribution in [0, 0.1) is 6.92 Å². The Morgan fingerprint density at radius 1 is 1.64 bits per heavy atom. The Bertz CT molecular complexity index is 359. The van der Waals surface area contributed by atoms with Crippen molar-refractivity contribution in [1.29, 1.82) is 0 Å². The highest BCUT2D eigenvalue weighted by atomic mass is 16.2. The van der Waals surface area contributed by atoms with Crippen LogP contribution in [0.4, 0.5) is 5.82 Å². The van der Waals surface area contributed by atoms with Crippen molar-refractivity contribution in [3.05, 3.63) is 11.3 Å². The SMILES string of the molecule is Cc1[nH]nc(N)c1C(=O)NC1(C)CC1. The zero-order chi connectivity index (χ0) is 10.3. The van der Waals surface area contributed by atoms with E-state index in [1.54, 1.807) is 6.92 Å². The van der Waals surface area contributed by atoms with Gasteiger partial charge in [-0.2, -0.15) is 5.10 Å². The van der Waals surface area contributed by atoms with E-state index in [2.05, 4.69) is 15.5 Å². The first kappa shape index (κ1) is 9.05. The number of hydrogen-bond donors (Lipinski definition) is 3. The first-order valence-electron chi connectivity index (χ1n) is 4.65. The first-order chi connectivity index (χ1) is 6.52.